The van der Waals surface area contributed by atoms with Gasteiger partial charge in [0, 0.05) is 11.8 Å². The molecule has 1 N–H and O–H groups in total. The number of nitrogens with zero attached hydrogens (tertiary/aromatic N) is 2. The smallest absolute Gasteiger partial charge is 0.278 e. The summed E-state index contributed by atoms with van der Waals surface area (Å²) in [5, 5.41) is 29.0. The lowest BCUT2D eigenvalue weighted by atomic mass is 10.1. The zero-order valence-corrected chi connectivity index (χ0v) is 11.7. The van der Waals surface area contributed by atoms with Gasteiger partial charge in [-0.25, -0.2) is 0 Å². The lowest BCUT2D eigenvalue weighted by Gasteiger charge is -2.16. The number of nitriles is 1. The number of benzene rings is 1. The maximum atomic E-state index is 11.0. The van der Waals surface area contributed by atoms with Crippen LogP contribution >= 0.6 is 0 Å². The third-order valence-corrected chi connectivity index (χ3v) is 3.68. The van der Waals surface area contributed by atoms with Crippen LogP contribution in [0.15, 0.2) is 12.1 Å². The van der Waals surface area contributed by atoms with Crippen LogP contribution in [0, 0.1) is 26.9 Å². The summed E-state index contributed by atoms with van der Waals surface area (Å²) in [4.78, 5) is 10.4. The normalized spacial score (nSPS) is 15.1. The SMILES string of the molecule is COc1cc(CO)c([N+](=O)[O-])cc1OCC1(CC#N)CC1. The van der Waals surface area contributed by atoms with Crippen LogP contribution in [0.4, 0.5) is 5.69 Å². The Labute approximate surface area is 121 Å². The topological polar surface area (TPSA) is 106 Å². The number of nitro benzene ring substituents is 1. The highest BCUT2D eigenvalue weighted by molar-refractivity contribution is 5.54. The Morgan fingerprint density at radius 3 is 2.67 bits per heavy atom. The molecule has 2 rings (SSSR count). The first-order valence-corrected chi connectivity index (χ1v) is 6.51. The standard InChI is InChI=1S/C14H16N2O5/c1-20-12-6-10(8-17)11(16(18)19)7-13(12)21-9-14(2-3-14)4-5-15/h6-7,17H,2-4,8-9H2,1H3. The molecule has 0 atom stereocenters. The fraction of sp³-hybridized carbons (Fsp3) is 0.500. The number of hydrogen-bond acceptors (Lipinski definition) is 6. The average Bonchev–Trinajstić information content (AvgIpc) is 3.24. The first-order valence-electron chi connectivity index (χ1n) is 6.51. The van der Waals surface area contributed by atoms with Crippen LogP contribution in [-0.4, -0.2) is 23.7 Å². The van der Waals surface area contributed by atoms with Crippen molar-refractivity contribution in [2.45, 2.75) is 25.9 Å². The monoisotopic (exact) mass is 292 g/mol. The number of nitro groups is 1. The van der Waals surface area contributed by atoms with Crippen molar-refractivity contribution in [3.8, 4) is 17.6 Å². The zero-order valence-electron chi connectivity index (χ0n) is 11.7. The third-order valence-electron chi connectivity index (χ3n) is 3.68. The molecule has 1 aromatic rings. The number of ether oxygens (including phenoxy) is 2. The van der Waals surface area contributed by atoms with Crippen molar-refractivity contribution >= 4 is 5.69 Å². The lowest BCUT2D eigenvalue weighted by molar-refractivity contribution is -0.386. The third kappa shape index (κ3) is 3.23. The fourth-order valence-corrected chi connectivity index (χ4v) is 2.11. The van der Waals surface area contributed by atoms with Gasteiger partial charge in [0.05, 0.1) is 42.9 Å². The van der Waals surface area contributed by atoms with Crippen molar-refractivity contribution in [3.05, 3.63) is 27.8 Å². The molecule has 0 heterocycles. The van der Waals surface area contributed by atoms with E-state index in [2.05, 4.69) is 6.07 Å². The lowest BCUT2D eigenvalue weighted by Crippen LogP contribution is -2.13. The van der Waals surface area contributed by atoms with Crippen LogP contribution in [0.5, 0.6) is 11.5 Å². The van der Waals surface area contributed by atoms with Crippen molar-refractivity contribution in [1.82, 2.24) is 0 Å². The van der Waals surface area contributed by atoms with Crippen LogP contribution in [-0.2, 0) is 6.61 Å². The average molecular weight is 292 g/mol. The van der Waals surface area contributed by atoms with E-state index >= 15 is 0 Å². The van der Waals surface area contributed by atoms with Crippen LogP contribution < -0.4 is 9.47 Å². The van der Waals surface area contributed by atoms with E-state index in [4.69, 9.17) is 14.7 Å². The van der Waals surface area contributed by atoms with E-state index in [9.17, 15) is 15.2 Å². The second-order valence-electron chi connectivity index (χ2n) is 5.17. The minimum absolute atomic E-state index is 0.135. The Morgan fingerprint density at radius 1 is 1.48 bits per heavy atom. The van der Waals surface area contributed by atoms with Gasteiger partial charge in [0.2, 0.25) is 0 Å². The highest BCUT2D eigenvalue weighted by Crippen LogP contribution is 2.49. The quantitative estimate of drug-likeness (QED) is 0.609. The molecule has 0 radical (unpaired) electrons. The van der Waals surface area contributed by atoms with E-state index in [1.807, 2.05) is 0 Å². The molecule has 112 valence electrons. The predicted molar refractivity (Wildman–Crippen MR) is 73.0 cm³/mol. The van der Waals surface area contributed by atoms with Gasteiger partial charge in [-0.1, -0.05) is 0 Å². The van der Waals surface area contributed by atoms with E-state index in [0.29, 0.717) is 18.8 Å². The molecule has 7 nitrogen and oxygen atoms in total. The molecule has 1 fully saturated rings. The van der Waals surface area contributed by atoms with Gasteiger partial charge < -0.3 is 14.6 Å². The van der Waals surface area contributed by atoms with Gasteiger partial charge in [-0.3, -0.25) is 10.1 Å². The molecule has 0 amide bonds. The molecule has 21 heavy (non-hydrogen) atoms. The molecule has 0 spiro atoms. The number of aliphatic hydroxyl groups excluding tert-OH is 1. The number of rotatable bonds is 7. The van der Waals surface area contributed by atoms with Crippen molar-refractivity contribution in [2.75, 3.05) is 13.7 Å². The maximum absolute atomic E-state index is 11.0. The fourth-order valence-electron chi connectivity index (χ4n) is 2.11. The molecule has 0 bridgehead atoms. The molecule has 0 aromatic heterocycles. The molecular formula is C14H16N2O5. The molecule has 1 saturated carbocycles. The second kappa shape index (κ2) is 5.97. The molecule has 1 aromatic carbocycles. The molecule has 1 aliphatic carbocycles. The molecular weight excluding hydrogens is 276 g/mol. The van der Waals surface area contributed by atoms with Gasteiger partial charge in [-0.2, -0.15) is 5.26 Å². The van der Waals surface area contributed by atoms with Gasteiger partial charge in [0.1, 0.15) is 0 Å². The number of methoxy groups -OCH3 is 1. The Bertz CT molecular complexity index is 590. The summed E-state index contributed by atoms with van der Waals surface area (Å²) in [5.74, 6) is 0.586. The summed E-state index contributed by atoms with van der Waals surface area (Å²) in [6.45, 7) is -0.127. The highest BCUT2D eigenvalue weighted by atomic mass is 16.6. The van der Waals surface area contributed by atoms with Crippen molar-refractivity contribution in [2.24, 2.45) is 5.41 Å². The first-order chi connectivity index (χ1) is 10.0. The number of hydrogen-bond donors (Lipinski definition) is 1. The van der Waals surface area contributed by atoms with Crippen LogP contribution in [0.2, 0.25) is 0 Å². The zero-order chi connectivity index (χ0) is 15.5. The van der Waals surface area contributed by atoms with E-state index < -0.39 is 11.5 Å². The van der Waals surface area contributed by atoms with Crippen LogP contribution in [0.25, 0.3) is 0 Å². The predicted octanol–water partition coefficient (Wildman–Crippen LogP) is 2.17. The minimum Gasteiger partial charge on any atom is -0.493 e. The second-order valence-corrected chi connectivity index (χ2v) is 5.17. The summed E-state index contributed by atoms with van der Waals surface area (Å²) >= 11 is 0. The van der Waals surface area contributed by atoms with Gasteiger partial charge >= 0.3 is 0 Å². The van der Waals surface area contributed by atoms with E-state index in [1.165, 1.54) is 19.2 Å². The highest BCUT2D eigenvalue weighted by Gasteiger charge is 2.43. The summed E-state index contributed by atoms with van der Waals surface area (Å²) in [6.07, 6.45) is 2.24. The largest absolute Gasteiger partial charge is 0.493 e. The van der Waals surface area contributed by atoms with E-state index in [1.54, 1.807) is 0 Å². The van der Waals surface area contributed by atoms with Gasteiger partial charge in [0.25, 0.3) is 5.69 Å². The van der Waals surface area contributed by atoms with Crippen molar-refractivity contribution in [3.63, 3.8) is 0 Å². The maximum Gasteiger partial charge on any atom is 0.278 e. The van der Waals surface area contributed by atoms with Crippen LogP contribution in [0.1, 0.15) is 24.8 Å². The first kappa shape index (κ1) is 15.1. The Morgan fingerprint density at radius 2 is 2.19 bits per heavy atom. The van der Waals surface area contributed by atoms with Crippen molar-refractivity contribution in [1.29, 1.82) is 5.26 Å². The molecule has 1 aliphatic rings. The minimum atomic E-state index is -0.569. The summed E-state index contributed by atoms with van der Waals surface area (Å²) in [6, 6.07) is 4.79. The van der Waals surface area contributed by atoms with Gasteiger partial charge in [0.15, 0.2) is 11.5 Å². The number of aliphatic hydroxyl groups is 1. The Balaban J connectivity index is 2.23. The van der Waals surface area contributed by atoms with Gasteiger partial charge in [-0.05, 0) is 18.9 Å². The van der Waals surface area contributed by atoms with Gasteiger partial charge in [-0.15, -0.1) is 0 Å². The molecule has 0 saturated heterocycles. The van der Waals surface area contributed by atoms with Crippen LogP contribution in [0.3, 0.4) is 0 Å². The summed E-state index contributed by atoms with van der Waals surface area (Å²) in [5.41, 5.74) is -0.176. The van der Waals surface area contributed by atoms with Crippen molar-refractivity contribution < 1.29 is 19.5 Å². The summed E-state index contributed by atoms with van der Waals surface area (Å²) in [7, 11) is 1.43. The Hall–Kier alpha value is -2.33. The van der Waals surface area contributed by atoms with E-state index in [0.717, 1.165) is 12.8 Å². The van der Waals surface area contributed by atoms with E-state index in [-0.39, 0.29) is 22.4 Å². The Kier molecular flexibility index (Phi) is 4.29. The molecule has 0 unspecified atom stereocenters. The summed E-state index contributed by atoms with van der Waals surface area (Å²) < 4.78 is 10.8. The molecule has 0 aliphatic heterocycles. The molecule has 7 heteroatoms.